The molecule has 8 aromatic rings. The van der Waals surface area contributed by atoms with Gasteiger partial charge < -0.3 is 28.4 Å². The van der Waals surface area contributed by atoms with E-state index in [0.29, 0.717) is 5.75 Å². The van der Waals surface area contributed by atoms with Crippen LogP contribution in [0.25, 0.3) is 22.3 Å². The molecule has 0 saturated carbocycles. The molecule has 1 unspecified atom stereocenters. The van der Waals surface area contributed by atoms with Crippen LogP contribution in [0.2, 0.25) is 0 Å². The van der Waals surface area contributed by atoms with E-state index in [9.17, 15) is 19.6 Å². The van der Waals surface area contributed by atoms with Gasteiger partial charge in [-0.05, 0) is 107 Å². The number of rotatable bonds is 22. The van der Waals surface area contributed by atoms with Gasteiger partial charge in [-0.3, -0.25) is 18.9 Å². The van der Waals surface area contributed by atoms with Crippen molar-refractivity contribution in [1.29, 1.82) is 5.26 Å². The first-order valence-corrected chi connectivity index (χ1v) is 30.6. The predicted octanol–water partition coefficient (Wildman–Crippen LogP) is 13.4. The number of amides is 1. The van der Waals surface area contributed by atoms with Gasteiger partial charge in [-0.15, -0.1) is 0 Å². The number of nitrogens with one attached hydrogen (secondary N) is 1. The van der Waals surface area contributed by atoms with Crippen LogP contribution in [0.1, 0.15) is 90.9 Å². The van der Waals surface area contributed by atoms with Gasteiger partial charge in [-0.25, -0.2) is 23.6 Å². The van der Waals surface area contributed by atoms with Crippen molar-refractivity contribution in [2.45, 2.75) is 88.0 Å². The third kappa shape index (κ3) is 12.4. The topological polar surface area (TPSA) is 199 Å². The number of fused-ring (bicyclic) bond motifs is 6. The van der Waals surface area contributed by atoms with Crippen LogP contribution >= 0.6 is 7.75 Å². The van der Waals surface area contributed by atoms with Gasteiger partial charge in [0.05, 0.1) is 39.4 Å². The molecule has 1 amide bonds. The fourth-order valence-corrected chi connectivity index (χ4v) is 14.8. The second-order valence-corrected chi connectivity index (χ2v) is 23.9. The van der Waals surface area contributed by atoms with Crippen molar-refractivity contribution in [3.8, 4) is 34.1 Å². The Morgan fingerprint density at radius 3 is 1.67 bits per heavy atom. The van der Waals surface area contributed by atoms with E-state index in [1.54, 1.807) is 11.8 Å². The molecule has 3 aliphatic rings. The van der Waals surface area contributed by atoms with Gasteiger partial charge in [-0.1, -0.05) is 170 Å². The molecule has 2 heterocycles. The molecule has 11 rings (SSSR count). The number of nitrogens with zero attached hydrogens (tertiary/aromatic N) is 4. The number of carbonyl (C=O) groups excluding carboxylic acids is 2. The Morgan fingerprint density at radius 2 is 1.17 bits per heavy atom. The summed E-state index contributed by atoms with van der Waals surface area (Å²) >= 11 is 0. The predicted molar refractivity (Wildman–Crippen MR) is 328 cm³/mol. The molecule has 7 aromatic carbocycles. The zero-order valence-corrected chi connectivity index (χ0v) is 49.9. The number of methoxy groups -OCH3 is 1. The number of carbonyl (C=O) groups is 2. The quantitative estimate of drug-likeness (QED) is 0.0291. The fourth-order valence-electron chi connectivity index (χ4n) is 12.5. The molecule has 0 radical (unpaired) electrons. The maximum Gasteiger partial charge on any atom is 0.508 e. The SMILES string of the molecule is COc1ccc(C(OC[C@H]2OC[C@@H](n3ccc(NC(=O)OCC4c5ccccc5-c5ccccc54)nc3=O)[C@H](OC(=O)OCC3c4ccccc4-c4ccccc43)[C@@H]2OP(=O)(OCCC#N)N(C(C)C)C(C)C)(c2ccccc2)c2ccccc2)cc1. The van der Waals surface area contributed by atoms with Gasteiger partial charge >= 0.3 is 25.7 Å². The Labute approximate surface area is 505 Å². The highest BCUT2D eigenvalue weighted by Crippen LogP contribution is 2.57. The molecule has 0 spiro atoms. The third-order valence-corrected chi connectivity index (χ3v) is 18.8. The summed E-state index contributed by atoms with van der Waals surface area (Å²) in [7, 11) is -2.99. The molecule has 1 saturated heterocycles. The van der Waals surface area contributed by atoms with Gasteiger partial charge in [-0.2, -0.15) is 10.2 Å². The molecular weight excluding hydrogens is 1120 g/mol. The van der Waals surface area contributed by atoms with Gasteiger partial charge in [0.2, 0.25) is 0 Å². The molecule has 1 aliphatic heterocycles. The monoisotopic (exact) mass is 1190 g/mol. The first-order valence-electron chi connectivity index (χ1n) is 29.1. The minimum absolute atomic E-state index is 0.0184. The Kier molecular flexibility index (Phi) is 18.3. The van der Waals surface area contributed by atoms with Crippen molar-refractivity contribution < 1.29 is 51.6 Å². The van der Waals surface area contributed by atoms with Crippen LogP contribution in [0.5, 0.6) is 5.75 Å². The summed E-state index contributed by atoms with van der Waals surface area (Å²) in [6.07, 6.45) is -5.10. The van der Waals surface area contributed by atoms with Gasteiger partial charge in [0.1, 0.15) is 48.6 Å². The zero-order valence-electron chi connectivity index (χ0n) is 49.0. The lowest BCUT2D eigenvalue weighted by atomic mass is 9.80. The summed E-state index contributed by atoms with van der Waals surface area (Å²) in [5.41, 5.74) is 8.16. The second kappa shape index (κ2) is 26.5. The van der Waals surface area contributed by atoms with E-state index in [4.69, 9.17) is 37.5 Å². The molecule has 87 heavy (non-hydrogen) atoms. The summed E-state index contributed by atoms with van der Waals surface area (Å²) in [6.45, 7) is 6.31. The molecule has 446 valence electrons. The first kappa shape index (κ1) is 60.0. The maximum absolute atomic E-state index is 16.1. The fraction of sp³-hybridized carbons (Fsp3) is 0.290. The highest BCUT2D eigenvalue weighted by atomic mass is 31.2. The van der Waals surface area contributed by atoms with E-state index < -0.39 is 67.7 Å². The highest BCUT2D eigenvalue weighted by Gasteiger charge is 2.53. The van der Waals surface area contributed by atoms with Gasteiger partial charge in [0.25, 0.3) is 0 Å². The summed E-state index contributed by atoms with van der Waals surface area (Å²) in [6, 6.07) is 59.9. The Morgan fingerprint density at radius 1 is 0.678 bits per heavy atom. The summed E-state index contributed by atoms with van der Waals surface area (Å²) in [4.78, 5) is 47.4. The molecule has 5 atom stereocenters. The molecule has 1 aromatic heterocycles. The molecule has 17 nitrogen and oxygen atoms in total. The molecule has 0 bridgehead atoms. The largest absolute Gasteiger partial charge is 0.508 e. The number of nitriles is 1. The molecule has 2 aliphatic carbocycles. The highest BCUT2D eigenvalue weighted by molar-refractivity contribution is 7.51. The molecule has 1 N–H and O–H groups in total. The summed E-state index contributed by atoms with van der Waals surface area (Å²) < 4.78 is 70.4. The number of anilines is 1. The standard InChI is InChI=1S/C69H68N5O12P/c1-45(2)74(46(3)4)87(78,84-40-20-38-70)86-65-62(44-83-69(47-21-8-6-9-22-47,48-23-10-7-11-24-48)49-33-35-50(79-5)36-34-49)80-43-61(64(65)85-68(77)82-42-60-57-31-18-14-27-53(57)54-28-15-19-32-58(54)60)73-39-37-63(71-66(73)75)72-67(76)81-41-59-55-29-16-12-25-51(55)52-26-13-17-30-56(52)59/h6-19,21-37,39,45-46,59-62,64-65H,20,40-44H2,1-5H3,(H,71,72,75,76)/t61-,62-,64+,65-,87?/m1/s1. The lowest BCUT2D eigenvalue weighted by molar-refractivity contribution is -0.186. The van der Waals surface area contributed by atoms with Crippen LogP contribution in [0.15, 0.2) is 199 Å². The second-order valence-electron chi connectivity index (χ2n) is 22.1. The van der Waals surface area contributed by atoms with Gasteiger partial charge in [0, 0.05) is 30.1 Å². The minimum atomic E-state index is -4.58. The first-order chi connectivity index (χ1) is 42.3. The van der Waals surface area contributed by atoms with Crippen LogP contribution in [-0.4, -0.2) is 97.0 Å². The smallest absolute Gasteiger partial charge is 0.497 e. The Hall–Kier alpha value is -8.72. The zero-order chi connectivity index (χ0) is 60.7. The maximum atomic E-state index is 16.1. The van der Waals surface area contributed by atoms with E-state index in [2.05, 4.69) is 16.4 Å². The average molecular weight is 1190 g/mol. The van der Waals surface area contributed by atoms with Crippen LogP contribution in [0.4, 0.5) is 15.4 Å². The van der Waals surface area contributed by atoms with E-state index in [0.717, 1.165) is 61.2 Å². The summed E-state index contributed by atoms with van der Waals surface area (Å²) in [5.74, 6) is -0.0674. The van der Waals surface area contributed by atoms with E-state index in [-0.39, 0.29) is 57.1 Å². The van der Waals surface area contributed by atoms with E-state index in [1.165, 1.54) is 16.8 Å². The lowest BCUT2D eigenvalue weighted by Crippen LogP contribution is -2.57. The molecular formula is C69H68N5O12P. The number of ether oxygens (including phenoxy) is 6. The van der Waals surface area contributed by atoms with Crippen molar-refractivity contribution in [1.82, 2.24) is 14.2 Å². The Bertz CT molecular complexity index is 3740. The minimum Gasteiger partial charge on any atom is -0.497 e. The van der Waals surface area contributed by atoms with Crippen molar-refractivity contribution >= 4 is 25.8 Å². The van der Waals surface area contributed by atoms with Crippen LogP contribution in [-0.2, 0) is 42.9 Å². The van der Waals surface area contributed by atoms with Crippen molar-refractivity contribution in [3.63, 3.8) is 0 Å². The number of aromatic nitrogens is 2. The van der Waals surface area contributed by atoms with Crippen molar-refractivity contribution in [2.75, 3.05) is 45.5 Å². The lowest BCUT2D eigenvalue weighted by Gasteiger charge is -2.46. The van der Waals surface area contributed by atoms with E-state index >= 15 is 4.57 Å². The molecule has 18 heteroatoms. The van der Waals surface area contributed by atoms with E-state index in [1.807, 2.05) is 210 Å². The number of benzene rings is 7. The molecule has 1 fully saturated rings. The summed E-state index contributed by atoms with van der Waals surface area (Å²) in [5, 5.41) is 12.4. The Balaban J connectivity index is 0.969. The van der Waals surface area contributed by atoms with Crippen LogP contribution in [0.3, 0.4) is 0 Å². The normalized spacial score (nSPS) is 17.8. The number of hydrogen-bond donors (Lipinski definition) is 1. The third-order valence-electron chi connectivity index (χ3n) is 16.3. The van der Waals surface area contributed by atoms with Crippen LogP contribution in [0, 0.1) is 11.3 Å². The van der Waals surface area contributed by atoms with Gasteiger partial charge in [0.15, 0.2) is 6.10 Å². The van der Waals surface area contributed by atoms with Crippen LogP contribution < -0.4 is 15.7 Å². The average Bonchev–Trinajstić information content (AvgIpc) is 3.52. The number of hydrogen-bond acceptors (Lipinski definition) is 14. The van der Waals surface area contributed by atoms with Crippen molar-refractivity contribution in [2.24, 2.45) is 0 Å². The van der Waals surface area contributed by atoms with Crippen molar-refractivity contribution in [3.05, 3.63) is 244 Å².